The van der Waals surface area contributed by atoms with Crippen molar-refractivity contribution in [3.63, 3.8) is 0 Å². The van der Waals surface area contributed by atoms with Crippen molar-refractivity contribution in [3.05, 3.63) is 23.4 Å². The molecular formula is C13H19N3O2S. The van der Waals surface area contributed by atoms with Crippen LogP contribution in [0.25, 0.3) is 10.8 Å². The molecule has 0 saturated heterocycles. The van der Waals surface area contributed by atoms with E-state index in [0.717, 1.165) is 11.4 Å². The van der Waals surface area contributed by atoms with Crippen LogP contribution in [0.1, 0.15) is 26.7 Å². The molecular weight excluding hydrogens is 262 g/mol. The summed E-state index contributed by atoms with van der Waals surface area (Å²) in [5, 5.41) is 19.9. The van der Waals surface area contributed by atoms with E-state index in [1.54, 1.807) is 25.2 Å². The molecule has 2 aromatic rings. The molecule has 104 valence electrons. The average molecular weight is 281 g/mol. The van der Waals surface area contributed by atoms with Crippen LogP contribution in [0.2, 0.25) is 0 Å². The third-order valence-corrected chi connectivity index (χ3v) is 3.47. The molecule has 2 aromatic heterocycles. The monoisotopic (exact) mass is 281 g/mol. The molecule has 0 saturated carbocycles. The van der Waals surface area contributed by atoms with Gasteiger partial charge in [-0.1, -0.05) is 13.0 Å². The Morgan fingerprint density at radius 3 is 2.79 bits per heavy atom. The standard InChI is InChI=1S/C13H19N3O2S/c1-4-16(9-13(2,3)17)8-11-14-15-12(18-11)10-6-5-7-19-10/h5-7,17H,4,8-9H2,1-3H3. The Labute approximate surface area is 116 Å². The van der Waals surface area contributed by atoms with E-state index in [1.807, 2.05) is 24.4 Å². The van der Waals surface area contributed by atoms with Gasteiger partial charge in [-0.05, 0) is 31.8 Å². The van der Waals surface area contributed by atoms with E-state index >= 15 is 0 Å². The lowest BCUT2D eigenvalue weighted by molar-refractivity contribution is 0.0329. The van der Waals surface area contributed by atoms with Gasteiger partial charge in [0, 0.05) is 6.54 Å². The van der Waals surface area contributed by atoms with Crippen LogP contribution in [-0.2, 0) is 6.54 Å². The molecule has 2 rings (SSSR count). The van der Waals surface area contributed by atoms with Crippen molar-refractivity contribution in [2.24, 2.45) is 0 Å². The van der Waals surface area contributed by atoms with Gasteiger partial charge in [-0.15, -0.1) is 21.5 Å². The number of aliphatic hydroxyl groups is 1. The van der Waals surface area contributed by atoms with Crippen LogP contribution >= 0.6 is 11.3 Å². The molecule has 0 aromatic carbocycles. The minimum absolute atomic E-state index is 0.554. The summed E-state index contributed by atoms with van der Waals surface area (Å²) < 4.78 is 5.64. The van der Waals surface area contributed by atoms with Crippen molar-refractivity contribution in [2.45, 2.75) is 32.9 Å². The first-order valence-corrected chi connectivity index (χ1v) is 7.17. The van der Waals surface area contributed by atoms with Gasteiger partial charge in [-0.25, -0.2) is 0 Å². The summed E-state index contributed by atoms with van der Waals surface area (Å²) in [5.41, 5.74) is -0.730. The summed E-state index contributed by atoms with van der Waals surface area (Å²) in [5.74, 6) is 1.14. The topological polar surface area (TPSA) is 62.4 Å². The van der Waals surface area contributed by atoms with Crippen molar-refractivity contribution in [1.82, 2.24) is 15.1 Å². The van der Waals surface area contributed by atoms with Crippen LogP contribution in [0.5, 0.6) is 0 Å². The second-order valence-corrected chi connectivity index (χ2v) is 6.04. The molecule has 2 heterocycles. The highest BCUT2D eigenvalue weighted by Crippen LogP contribution is 2.23. The smallest absolute Gasteiger partial charge is 0.257 e. The highest BCUT2D eigenvalue weighted by Gasteiger charge is 2.19. The van der Waals surface area contributed by atoms with E-state index in [2.05, 4.69) is 15.1 Å². The van der Waals surface area contributed by atoms with Crippen LogP contribution < -0.4 is 0 Å². The second kappa shape index (κ2) is 5.81. The Morgan fingerprint density at radius 1 is 1.42 bits per heavy atom. The van der Waals surface area contributed by atoms with E-state index < -0.39 is 5.60 Å². The van der Waals surface area contributed by atoms with E-state index in [4.69, 9.17) is 4.42 Å². The molecule has 0 radical (unpaired) electrons. The van der Waals surface area contributed by atoms with Crippen LogP contribution in [-0.4, -0.2) is 38.9 Å². The zero-order chi connectivity index (χ0) is 13.9. The van der Waals surface area contributed by atoms with Crippen molar-refractivity contribution in [2.75, 3.05) is 13.1 Å². The maximum absolute atomic E-state index is 9.85. The maximum Gasteiger partial charge on any atom is 0.257 e. The molecule has 0 aliphatic carbocycles. The van der Waals surface area contributed by atoms with Crippen LogP contribution in [0.3, 0.4) is 0 Å². The first-order chi connectivity index (χ1) is 8.98. The van der Waals surface area contributed by atoms with Gasteiger partial charge in [0.2, 0.25) is 5.89 Å². The molecule has 0 amide bonds. The first kappa shape index (κ1) is 14.2. The van der Waals surface area contributed by atoms with E-state index in [9.17, 15) is 5.11 Å². The number of aromatic nitrogens is 2. The lowest BCUT2D eigenvalue weighted by Crippen LogP contribution is -2.38. The predicted molar refractivity (Wildman–Crippen MR) is 74.9 cm³/mol. The molecule has 0 aliphatic heterocycles. The van der Waals surface area contributed by atoms with Gasteiger partial charge in [0.25, 0.3) is 5.89 Å². The van der Waals surface area contributed by atoms with Gasteiger partial charge in [-0.2, -0.15) is 0 Å². The van der Waals surface area contributed by atoms with Gasteiger partial charge >= 0.3 is 0 Å². The Morgan fingerprint density at radius 2 is 2.21 bits per heavy atom. The molecule has 0 unspecified atom stereocenters. The van der Waals surface area contributed by atoms with Crippen molar-refractivity contribution in [1.29, 1.82) is 0 Å². The Balaban J connectivity index is 2.03. The third kappa shape index (κ3) is 4.12. The molecule has 0 bridgehead atoms. The Bertz CT molecular complexity index is 502. The molecule has 0 fully saturated rings. The summed E-state index contributed by atoms with van der Waals surface area (Å²) >= 11 is 1.57. The molecule has 0 aliphatic rings. The fraction of sp³-hybridized carbons (Fsp3) is 0.538. The van der Waals surface area contributed by atoms with E-state index in [0.29, 0.717) is 24.9 Å². The maximum atomic E-state index is 9.85. The van der Waals surface area contributed by atoms with Crippen molar-refractivity contribution < 1.29 is 9.52 Å². The van der Waals surface area contributed by atoms with Gasteiger partial charge in [0.05, 0.1) is 17.0 Å². The lowest BCUT2D eigenvalue weighted by Gasteiger charge is -2.26. The van der Waals surface area contributed by atoms with E-state index in [-0.39, 0.29) is 0 Å². The van der Waals surface area contributed by atoms with Crippen molar-refractivity contribution in [3.8, 4) is 10.8 Å². The molecule has 0 spiro atoms. The molecule has 19 heavy (non-hydrogen) atoms. The minimum Gasteiger partial charge on any atom is -0.419 e. The molecule has 0 atom stereocenters. The molecule has 1 N–H and O–H groups in total. The first-order valence-electron chi connectivity index (χ1n) is 6.29. The fourth-order valence-electron chi connectivity index (χ4n) is 1.84. The highest BCUT2D eigenvalue weighted by atomic mass is 32.1. The summed E-state index contributed by atoms with van der Waals surface area (Å²) in [4.78, 5) is 3.05. The van der Waals surface area contributed by atoms with E-state index in [1.165, 1.54) is 0 Å². The highest BCUT2D eigenvalue weighted by molar-refractivity contribution is 7.13. The minimum atomic E-state index is -0.730. The van der Waals surface area contributed by atoms with Gasteiger partial charge < -0.3 is 9.52 Å². The van der Waals surface area contributed by atoms with Gasteiger partial charge in [0.15, 0.2) is 0 Å². The normalized spacial score (nSPS) is 12.3. The number of rotatable bonds is 6. The lowest BCUT2D eigenvalue weighted by atomic mass is 10.1. The van der Waals surface area contributed by atoms with Crippen molar-refractivity contribution >= 4 is 11.3 Å². The Kier molecular flexibility index (Phi) is 4.34. The zero-order valence-electron chi connectivity index (χ0n) is 11.5. The molecule has 5 nitrogen and oxygen atoms in total. The van der Waals surface area contributed by atoms with Gasteiger partial charge in [0.1, 0.15) is 0 Å². The summed E-state index contributed by atoms with van der Waals surface area (Å²) in [7, 11) is 0. The summed E-state index contributed by atoms with van der Waals surface area (Å²) in [6.45, 7) is 7.57. The number of thiophene rings is 1. The van der Waals surface area contributed by atoms with Gasteiger partial charge in [-0.3, -0.25) is 4.90 Å². The number of hydrogen-bond acceptors (Lipinski definition) is 6. The van der Waals surface area contributed by atoms with Crippen LogP contribution in [0.15, 0.2) is 21.9 Å². The molecule has 6 heteroatoms. The fourth-order valence-corrected chi connectivity index (χ4v) is 2.48. The third-order valence-electron chi connectivity index (χ3n) is 2.62. The quantitative estimate of drug-likeness (QED) is 0.881. The number of hydrogen-bond donors (Lipinski definition) is 1. The average Bonchev–Trinajstić information content (AvgIpc) is 2.95. The summed E-state index contributed by atoms with van der Waals surface area (Å²) in [6, 6.07) is 3.91. The number of likely N-dealkylation sites (N-methyl/N-ethyl adjacent to an activating group) is 1. The summed E-state index contributed by atoms with van der Waals surface area (Å²) in [6.07, 6.45) is 0. The van der Waals surface area contributed by atoms with Crippen LogP contribution in [0, 0.1) is 0 Å². The predicted octanol–water partition coefficient (Wildman–Crippen LogP) is 2.39. The SMILES string of the molecule is CCN(Cc1nnc(-c2cccs2)o1)CC(C)(C)O. The second-order valence-electron chi connectivity index (χ2n) is 5.09. The number of nitrogens with zero attached hydrogens (tertiary/aromatic N) is 3. The largest absolute Gasteiger partial charge is 0.419 e. The Hall–Kier alpha value is -1.24. The van der Waals surface area contributed by atoms with Crippen LogP contribution in [0.4, 0.5) is 0 Å². The zero-order valence-corrected chi connectivity index (χ0v) is 12.3.